The maximum absolute atomic E-state index is 13.4. The van der Waals surface area contributed by atoms with Crippen molar-refractivity contribution in [3.8, 4) is 0 Å². The van der Waals surface area contributed by atoms with Gasteiger partial charge in [0, 0.05) is 19.3 Å². The first-order chi connectivity index (χ1) is 9.88. The molecule has 0 heterocycles. The summed E-state index contributed by atoms with van der Waals surface area (Å²) in [5.41, 5.74) is 1.80. The second kappa shape index (κ2) is 6.68. The van der Waals surface area contributed by atoms with Gasteiger partial charge in [-0.1, -0.05) is 24.3 Å². The Morgan fingerprint density at radius 2 is 1.76 bits per heavy atom. The molecule has 112 valence electrons. The Morgan fingerprint density at radius 3 is 2.38 bits per heavy atom. The van der Waals surface area contributed by atoms with E-state index in [1.165, 1.54) is 12.3 Å². The maximum Gasteiger partial charge on any atom is 0.175 e. The van der Waals surface area contributed by atoms with Crippen LogP contribution in [-0.4, -0.2) is 14.7 Å². The van der Waals surface area contributed by atoms with Crippen molar-refractivity contribution in [3.05, 3.63) is 63.9 Å². The normalized spacial score (nSPS) is 11.6. The monoisotopic (exact) mass is 371 g/mol. The van der Waals surface area contributed by atoms with E-state index in [0.717, 1.165) is 11.1 Å². The van der Waals surface area contributed by atoms with Crippen molar-refractivity contribution in [2.45, 2.75) is 18.0 Å². The Labute approximate surface area is 132 Å². The number of rotatable bonds is 5. The molecule has 3 nitrogen and oxygen atoms in total. The van der Waals surface area contributed by atoms with E-state index in [2.05, 4.69) is 21.2 Å². The lowest BCUT2D eigenvalue weighted by Gasteiger charge is -2.08. The Kier molecular flexibility index (Phi) is 5.13. The average Bonchev–Trinajstić information content (AvgIpc) is 2.43. The molecule has 0 amide bonds. The summed E-state index contributed by atoms with van der Waals surface area (Å²) in [6.45, 7) is 1.10. The molecule has 2 aromatic rings. The van der Waals surface area contributed by atoms with Crippen molar-refractivity contribution in [3.63, 3.8) is 0 Å². The highest BCUT2D eigenvalue weighted by Gasteiger charge is 2.07. The summed E-state index contributed by atoms with van der Waals surface area (Å²) < 4.78 is 36.5. The smallest absolute Gasteiger partial charge is 0.175 e. The van der Waals surface area contributed by atoms with E-state index in [1.54, 1.807) is 30.3 Å². The number of benzene rings is 2. The molecule has 1 N–H and O–H groups in total. The second-order valence-electron chi connectivity index (χ2n) is 4.73. The highest BCUT2D eigenvalue weighted by Crippen LogP contribution is 2.20. The quantitative estimate of drug-likeness (QED) is 0.876. The van der Waals surface area contributed by atoms with Crippen LogP contribution < -0.4 is 5.32 Å². The molecule has 0 aliphatic carbocycles. The maximum atomic E-state index is 13.4. The molecule has 0 radical (unpaired) electrons. The summed E-state index contributed by atoms with van der Waals surface area (Å²) in [5, 5.41) is 3.20. The number of hydrogen-bond donors (Lipinski definition) is 1. The summed E-state index contributed by atoms with van der Waals surface area (Å²) >= 11 is 3.22. The van der Waals surface area contributed by atoms with Crippen molar-refractivity contribution in [2.24, 2.45) is 0 Å². The average molecular weight is 372 g/mol. The molecule has 21 heavy (non-hydrogen) atoms. The molecule has 0 saturated heterocycles. The minimum Gasteiger partial charge on any atom is -0.309 e. The lowest BCUT2D eigenvalue weighted by atomic mass is 10.2. The third-order valence-electron chi connectivity index (χ3n) is 3.03. The third-order valence-corrected chi connectivity index (χ3v) is 5.04. The van der Waals surface area contributed by atoms with Crippen LogP contribution in [0.3, 0.4) is 0 Å². The predicted molar refractivity (Wildman–Crippen MR) is 84.2 cm³/mol. The molecule has 0 aliphatic rings. The van der Waals surface area contributed by atoms with E-state index < -0.39 is 9.84 Å². The summed E-state index contributed by atoms with van der Waals surface area (Å²) in [5.74, 6) is -0.285. The number of halogens is 2. The van der Waals surface area contributed by atoms with Gasteiger partial charge < -0.3 is 5.32 Å². The highest BCUT2D eigenvalue weighted by atomic mass is 79.9. The van der Waals surface area contributed by atoms with Gasteiger partial charge in [0.25, 0.3) is 0 Å². The van der Waals surface area contributed by atoms with E-state index in [-0.39, 0.29) is 5.82 Å². The van der Waals surface area contributed by atoms with Crippen molar-refractivity contribution in [1.82, 2.24) is 5.32 Å². The van der Waals surface area contributed by atoms with Crippen molar-refractivity contribution >= 4 is 25.8 Å². The molecule has 0 aromatic heterocycles. The molecule has 2 rings (SSSR count). The van der Waals surface area contributed by atoms with Crippen LogP contribution in [0.2, 0.25) is 0 Å². The molecule has 6 heteroatoms. The van der Waals surface area contributed by atoms with Gasteiger partial charge in [-0.05, 0) is 45.3 Å². The Hall–Kier alpha value is -1.24. The molecule has 0 aliphatic heterocycles. The van der Waals surface area contributed by atoms with Gasteiger partial charge in [-0.2, -0.15) is 0 Å². The van der Waals surface area contributed by atoms with Crippen LogP contribution in [0.15, 0.2) is 51.8 Å². The molecule has 0 unspecified atom stereocenters. The van der Waals surface area contributed by atoms with Gasteiger partial charge in [-0.15, -0.1) is 0 Å². The van der Waals surface area contributed by atoms with Crippen molar-refractivity contribution < 1.29 is 12.8 Å². The minimum absolute atomic E-state index is 0.285. The van der Waals surface area contributed by atoms with E-state index in [9.17, 15) is 12.8 Å². The van der Waals surface area contributed by atoms with Gasteiger partial charge in [-0.25, -0.2) is 12.8 Å². The Bertz CT molecular complexity index is 730. The lowest BCUT2D eigenvalue weighted by Crippen LogP contribution is -2.13. The van der Waals surface area contributed by atoms with Gasteiger partial charge in [0.05, 0.1) is 9.37 Å². The van der Waals surface area contributed by atoms with Crippen LogP contribution in [0.5, 0.6) is 0 Å². The molecule has 0 spiro atoms. The molecule has 2 aromatic carbocycles. The third kappa shape index (κ3) is 4.36. The van der Waals surface area contributed by atoms with E-state index >= 15 is 0 Å². The summed E-state index contributed by atoms with van der Waals surface area (Å²) in [6.07, 6.45) is 1.18. The Balaban J connectivity index is 1.96. The van der Waals surface area contributed by atoms with Crippen LogP contribution in [0, 0.1) is 5.82 Å². The minimum atomic E-state index is -3.16. The molecular weight excluding hydrogens is 357 g/mol. The molecule has 0 fully saturated rings. The summed E-state index contributed by atoms with van der Waals surface area (Å²) in [7, 11) is -3.16. The van der Waals surface area contributed by atoms with Crippen LogP contribution in [0.1, 0.15) is 11.1 Å². The molecule has 0 atom stereocenters. The van der Waals surface area contributed by atoms with Gasteiger partial charge in [0.1, 0.15) is 5.82 Å². The van der Waals surface area contributed by atoms with Crippen LogP contribution >= 0.6 is 15.9 Å². The molecular formula is C15H15BrFNO2S. The fourth-order valence-electron chi connectivity index (χ4n) is 1.88. The largest absolute Gasteiger partial charge is 0.309 e. The van der Waals surface area contributed by atoms with Gasteiger partial charge in [0.2, 0.25) is 0 Å². The number of sulfone groups is 1. The summed E-state index contributed by atoms with van der Waals surface area (Å²) in [4.78, 5) is 0.305. The fraction of sp³-hybridized carbons (Fsp3) is 0.200. The Morgan fingerprint density at radius 1 is 1.10 bits per heavy atom. The zero-order chi connectivity index (χ0) is 15.5. The van der Waals surface area contributed by atoms with Gasteiger partial charge >= 0.3 is 0 Å². The first-order valence-corrected chi connectivity index (χ1v) is 8.99. The predicted octanol–water partition coefficient (Wildman–Crippen LogP) is 3.28. The number of nitrogens with one attached hydrogen (secondary N) is 1. The van der Waals surface area contributed by atoms with Crippen LogP contribution in [-0.2, 0) is 22.9 Å². The van der Waals surface area contributed by atoms with Crippen LogP contribution in [0.25, 0.3) is 0 Å². The van der Waals surface area contributed by atoms with Crippen molar-refractivity contribution in [1.29, 1.82) is 0 Å². The molecule has 0 bridgehead atoms. The zero-order valence-corrected chi connectivity index (χ0v) is 13.8. The van der Waals surface area contributed by atoms with E-state index in [4.69, 9.17) is 0 Å². The standard InChI is InChI=1S/C15H15BrFNO2S/c1-21(19,20)13-7-5-11(6-8-13)9-18-10-12-3-2-4-14(17)15(12)16/h2-8,18H,9-10H2,1H3. The lowest BCUT2D eigenvalue weighted by molar-refractivity contribution is 0.602. The summed E-state index contributed by atoms with van der Waals surface area (Å²) in [6, 6.07) is 11.6. The van der Waals surface area contributed by atoms with Gasteiger partial charge in [0.15, 0.2) is 9.84 Å². The van der Waals surface area contributed by atoms with E-state index in [0.29, 0.717) is 22.5 Å². The van der Waals surface area contributed by atoms with Gasteiger partial charge in [-0.3, -0.25) is 0 Å². The highest BCUT2D eigenvalue weighted by molar-refractivity contribution is 9.10. The zero-order valence-electron chi connectivity index (χ0n) is 11.4. The fourth-order valence-corrected chi connectivity index (χ4v) is 2.92. The van der Waals surface area contributed by atoms with Crippen molar-refractivity contribution in [2.75, 3.05) is 6.26 Å². The first kappa shape index (κ1) is 16.1. The first-order valence-electron chi connectivity index (χ1n) is 6.30. The van der Waals surface area contributed by atoms with E-state index in [1.807, 2.05) is 6.07 Å². The SMILES string of the molecule is CS(=O)(=O)c1ccc(CNCc2cccc(F)c2Br)cc1. The second-order valence-corrected chi connectivity index (χ2v) is 7.54. The topological polar surface area (TPSA) is 46.2 Å². The number of hydrogen-bond acceptors (Lipinski definition) is 3. The molecule has 0 saturated carbocycles. The van der Waals surface area contributed by atoms with Crippen LogP contribution in [0.4, 0.5) is 4.39 Å².